The molecule has 0 radical (unpaired) electrons. The molecule has 3 aromatic carbocycles. The third-order valence-electron chi connectivity index (χ3n) is 12.2. The zero-order valence-electron chi connectivity index (χ0n) is 38.6. The summed E-state index contributed by atoms with van der Waals surface area (Å²) in [5.74, 6) is -2.78. The number of carbonyl (C=O) groups excluding carboxylic acids is 2. The molecule has 0 atom stereocenters. The molecule has 19 heteroatoms. The summed E-state index contributed by atoms with van der Waals surface area (Å²) in [5, 5.41) is 15.2. The average molecular weight is 963 g/mol. The van der Waals surface area contributed by atoms with E-state index in [2.05, 4.69) is 46.1 Å². The summed E-state index contributed by atoms with van der Waals surface area (Å²) in [4.78, 5) is 47.7. The molecular weight excluding hydrogens is 905 g/mol. The summed E-state index contributed by atoms with van der Waals surface area (Å²) in [6.07, 6.45) is 4.55. The van der Waals surface area contributed by atoms with E-state index in [1.807, 2.05) is 16.9 Å². The molecular formula is C48H57ClFN7O9S. The fourth-order valence-corrected chi connectivity index (χ4v) is 9.70. The number of aromatic nitrogens is 1. The van der Waals surface area contributed by atoms with E-state index in [1.54, 1.807) is 44.9 Å². The number of sulfonamides is 1. The van der Waals surface area contributed by atoms with E-state index < -0.39 is 54.8 Å². The predicted octanol–water partition coefficient (Wildman–Crippen LogP) is 9.44. The molecule has 1 aliphatic carbocycles. The maximum Gasteiger partial charge on any atom is 0.413 e. The van der Waals surface area contributed by atoms with Crippen LogP contribution in [0.25, 0.3) is 5.57 Å². The number of piperazine rings is 1. The third-order valence-corrected chi connectivity index (χ3v) is 13.8. The quantitative estimate of drug-likeness (QED) is 0.0955. The highest BCUT2D eigenvalue weighted by Crippen LogP contribution is 2.44. The minimum Gasteiger partial charge on any atom is -0.455 e. The monoisotopic (exact) mass is 961 g/mol. The smallest absolute Gasteiger partial charge is 0.413 e. The lowest BCUT2D eigenvalue weighted by molar-refractivity contribution is -0.384. The first-order chi connectivity index (χ1) is 31.6. The van der Waals surface area contributed by atoms with Crippen LogP contribution in [0.4, 0.5) is 32.1 Å². The Kier molecular flexibility index (Phi) is 14.8. The van der Waals surface area contributed by atoms with Crippen LogP contribution in [0.1, 0.15) is 82.6 Å². The number of pyridine rings is 1. The number of rotatable bonds is 13. The molecule has 4 aromatic rings. The molecule has 2 fully saturated rings. The second kappa shape index (κ2) is 20.2. The molecule has 67 heavy (non-hydrogen) atoms. The van der Waals surface area contributed by atoms with E-state index >= 15 is 4.39 Å². The van der Waals surface area contributed by atoms with Gasteiger partial charge in [0.2, 0.25) is 0 Å². The largest absolute Gasteiger partial charge is 0.455 e. The molecule has 3 aliphatic rings. The van der Waals surface area contributed by atoms with E-state index in [0.717, 1.165) is 57.2 Å². The number of anilines is 3. The SMILES string of the molecule is CN(c1ccc(S(=O)(=O)NC(=O)c2ccc(N3CCN(CC4=C(c5ccc(Cl)cc5)CC(C)(C)CC4)CC3)cc2Oc2cnc(NC(=O)OC(C)(C)C)c(F)c2)cc1[N+](=O)[O-])C1CCOCC1. The molecule has 1 aromatic heterocycles. The van der Waals surface area contributed by atoms with E-state index in [1.165, 1.54) is 34.9 Å². The first-order valence-electron chi connectivity index (χ1n) is 22.2. The number of allylic oxidation sites excluding steroid dienone is 1. The van der Waals surface area contributed by atoms with Gasteiger partial charge in [-0.1, -0.05) is 43.2 Å². The maximum absolute atomic E-state index is 15.4. The van der Waals surface area contributed by atoms with Gasteiger partial charge in [-0.3, -0.25) is 25.1 Å². The minimum atomic E-state index is -4.69. The zero-order chi connectivity index (χ0) is 48.3. The minimum absolute atomic E-state index is 0.0537. The van der Waals surface area contributed by atoms with E-state index in [-0.39, 0.29) is 34.2 Å². The van der Waals surface area contributed by atoms with Crippen LogP contribution in [0, 0.1) is 21.3 Å². The Morgan fingerprint density at radius 1 is 1.03 bits per heavy atom. The number of nitro benzene ring substituents is 1. The van der Waals surface area contributed by atoms with Crippen molar-refractivity contribution in [3.63, 3.8) is 0 Å². The summed E-state index contributed by atoms with van der Waals surface area (Å²) in [6, 6.07) is 17.1. The number of nitrogens with one attached hydrogen (secondary N) is 2. The van der Waals surface area contributed by atoms with Crippen LogP contribution in [-0.4, -0.2) is 99.9 Å². The Morgan fingerprint density at radius 3 is 2.39 bits per heavy atom. The topological polar surface area (TPSA) is 186 Å². The Bertz CT molecular complexity index is 2640. The standard InChI is InChI=1S/C48H57ClFN7O9S/c1-47(2,3)66-46(59)52-44-40(50)26-36(29-51-44)65-43-25-35(56-21-19-55(20-22-56)30-32-15-18-48(4,5)28-39(32)31-7-9-33(49)10-8-31)11-13-38(43)45(58)53-67(62,63)37-12-14-41(42(27-37)57(60)61)54(6)34-16-23-64-24-17-34/h7-14,25-27,29,34H,15-24,28,30H2,1-6H3,(H,53,58)(H,51,52,59). The van der Waals surface area contributed by atoms with Crippen molar-refractivity contribution < 1.29 is 41.5 Å². The highest BCUT2D eigenvalue weighted by atomic mass is 35.5. The second-order valence-corrected chi connectivity index (χ2v) is 21.0. The predicted molar refractivity (Wildman–Crippen MR) is 255 cm³/mol. The molecule has 2 saturated heterocycles. The summed E-state index contributed by atoms with van der Waals surface area (Å²) in [5.41, 5.74) is 3.50. The number of amides is 2. The van der Waals surface area contributed by atoms with Crippen molar-refractivity contribution >= 4 is 62.1 Å². The number of ether oxygens (including phenoxy) is 3. The lowest BCUT2D eigenvalue weighted by Gasteiger charge is -2.39. The highest BCUT2D eigenvalue weighted by Gasteiger charge is 2.32. The number of nitro groups is 1. The van der Waals surface area contributed by atoms with Crippen LogP contribution in [0.15, 0.2) is 83.4 Å². The summed E-state index contributed by atoms with van der Waals surface area (Å²) in [7, 11) is -2.98. The molecule has 0 unspecified atom stereocenters. The normalized spacial score (nSPS) is 17.2. The molecule has 0 saturated carbocycles. The molecule has 7 rings (SSSR count). The Labute approximate surface area is 395 Å². The van der Waals surface area contributed by atoms with Gasteiger partial charge in [-0.25, -0.2) is 27.3 Å². The zero-order valence-corrected chi connectivity index (χ0v) is 40.1. The van der Waals surface area contributed by atoms with Crippen LogP contribution in [0.3, 0.4) is 0 Å². The lowest BCUT2D eigenvalue weighted by Crippen LogP contribution is -2.47. The van der Waals surface area contributed by atoms with Gasteiger partial charge in [0, 0.05) is 87.9 Å². The summed E-state index contributed by atoms with van der Waals surface area (Å²) in [6.45, 7) is 14.1. The van der Waals surface area contributed by atoms with E-state index in [0.29, 0.717) is 49.9 Å². The number of hydrogen-bond donors (Lipinski definition) is 2. The maximum atomic E-state index is 15.4. The first-order valence-corrected chi connectivity index (χ1v) is 24.1. The van der Waals surface area contributed by atoms with Gasteiger partial charge in [0.05, 0.1) is 21.6 Å². The van der Waals surface area contributed by atoms with Gasteiger partial charge in [0.25, 0.3) is 21.6 Å². The highest BCUT2D eigenvalue weighted by molar-refractivity contribution is 7.90. The van der Waals surface area contributed by atoms with Gasteiger partial charge >= 0.3 is 6.09 Å². The van der Waals surface area contributed by atoms with Gasteiger partial charge in [0.1, 0.15) is 22.8 Å². The number of carbonyl (C=O) groups is 2. The molecule has 16 nitrogen and oxygen atoms in total. The van der Waals surface area contributed by atoms with Gasteiger partial charge in [0.15, 0.2) is 11.6 Å². The van der Waals surface area contributed by atoms with Crippen LogP contribution in [-0.2, 0) is 19.5 Å². The average Bonchev–Trinajstić information content (AvgIpc) is 3.27. The molecule has 358 valence electrons. The van der Waals surface area contributed by atoms with Crippen molar-refractivity contribution in [3.8, 4) is 11.5 Å². The number of halogens is 2. The van der Waals surface area contributed by atoms with Crippen LogP contribution >= 0.6 is 11.6 Å². The van der Waals surface area contributed by atoms with Crippen molar-refractivity contribution in [2.75, 3.05) is 68.1 Å². The van der Waals surface area contributed by atoms with Crippen molar-refractivity contribution in [1.82, 2.24) is 14.6 Å². The molecule has 0 bridgehead atoms. The third kappa shape index (κ3) is 12.4. The Morgan fingerprint density at radius 2 is 1.73 bits per heavy atom. The van der Waals surface area contributed by atoms with E-state index in [4.69, 9.17) is 25.8 Å². The second-order valence-electron chi connectivity index (χ2n) is 18.9. The van der Waals surface area contributed by atoms with Gasteiger partial charge in [-0.05, 0) is 106 Å². The van der Waals surface area contributed by atoms with Gasteiger partial charge < -0.3 is 24.0 Å². The van der Waals surface area contributed by atoms with Crippen molar-refractivity contribution in [2.24, 2.45) is 5.41 Å². The molecule has 2 amide bonds. The van der Waals surface area contributed by atoms with Crippen molar-refractivity contribution in [2.45, 2.75) is 83.3 Å². The first kappa shape index (κ1) is 49.1. The Hall–Kier alpha value is -5.82. The van der Waals surface area contributed by atoms with Crippen LogP contribution < -0.4 is 24.6 Å². The van der Waals surface area contributed by atoms with Crippen molar-refractivity contribution in [3.05, 3.63) is 111 Å². The number of hydrogen-bond acceptors (Lipinski definition) is 13. The lowest BCUT2D eigenvalue weighted by atomic mass is 9.72. The van der Waals surface area contributed by atoms with E-state index in [9.17, 15) is 28.1 Å². The number of benzene rings is 3. The summed E-state index contributed by atoms with van der Waals surface area (Å²) < 4.78 is 61.7. The fraction of sp³-hybridized carbons (Fsp3) is 0.438. The molecule has 2 N–H and O–H groups in total. The van der Waals surface area contributed by atoms with Gasteiger partial charge in [-0.2, -0.15) is 0 Å². The van der Waals surface area contributed by atoms with Gasteiger partial charge in [-0.15, -0.1) is 0 Å². The van der Waals surface area contributed by atoms with Crippen LogP contribution in [0.2, 0.25) is 5.02 Å². The molecule has 0 spiro atoms. The van der Waals surface area contributed by atoms with Crippen LogP contribution in [0.5, 0.6) is 11.5 Å². The molecule has 3 heterocycles. The van der Waals surface area contributed by atoms with Crippen molar-refractivity contribution in [1.29, 1.82) is 0 Å². The Balaban J connectivity index is 1.13. The number of nitrogens with zero attached hydrogens (tertiary/aromatic N) is 5. The summed E-state index contributed by atoms with van der Waals surface area (Å²) >= 11 is 6.24. The molecule has 2 aliphatic heterocycles. The fourth-order valence-electron chi connectivity index (χ4n) is 8.59.